The second-order valence-corrected chi connectivity index (χ2v) is 8.90. The van der Waals surface area contributed by atoms with Gasteiger partial charge in [-0.3, -0.25) is 9.69 Å². The monoisotopic (exact) mass is 384 g/mol. The Morgan fingerprint density at radius 3 is 3.00 bits per heavy atom. The van der Waals surface area contributed by atoms with Gasteiger partial charge >= 0.3 is 0 Å². The Kier molecular flexibility index (Phi) is 5.23. The van der Waals surface area contributed by atoms with Crippen LogP contribution in [0.1, 0.15) is 42.6 Å². The molecule has 1 spiro atoms. The van der Waals surface area contributed by atoms with E-state index in [1.807, 2.05) is 25.1 Å². The number of aryl methyl sites for hydroxylation is 1. The summed E-state index contributed by atoms with van der Waals surface area (Å²) in [4.78, 5) is 15.2. The Hall–Kier alpha value is -1.85. The van der Waals surface area contributed by atoms with Gasteiger partial charge in [0.1, 0.15) is 5.75 Å². The number of nitrogens with zero attached hydrogens (tertiary/aromatic N) is 1. The third-order valence-electron chi connectivity index (χ3n) is 6.78. The number of rotatable bonds is 6. The highest BCUT2D eigenvalue weighted by atomic mass is 16.5. The van der Waals surface area contributed by atoms with Crippen LogP contribution in [0.3, 0.4) is 0 Å². The van der Waals surface area contributed by atoms with Crippen LogP contribution in [0.2, 0.25) is 0 Å². The van der Waals surface area contributed by atoms with Crippen molar-refractivity contribution in [2.75, 3.05) is 33.3 Å². The predicted molar refractivity (Wildman–Crippen MR) is 110 cm³/mol. The molecule has 5 nitrogen and oxygen atoms in total. The zero-order valence-electron chi connectivity index (χ0n) is 17.5. The van der Waals surface area contributed by atoms with Gasteiger partial charge in [-0.1, -0.05) is 17.7 Å². The first kappa shape index (κ1) is 19.5. The molecule has 3 fully saturated rings. The van der Waals surface area contributed by atoms with Crippen LogP contribution in [0.25, 0.3) is 0 Å². The Morgan fingerprint density at radius 1 is 1.43 bits per heavy atom. The molecule has 28 heavy (non-hydrogen) atoms. The standard InChI is InChI=1S/C23H32N2O3/c1-15(2)8-10-25-13-19-18(20-7-9-23(19,14-25)28-20)12-24-22(26)17-6-5-16(3)21(11-17)27-4/h5-6,8,11,18-20H,7,9-10,12-14H2,1-4H3,(H,24,26)/t18-,19+,20+,23+/m0/s1. The van der Waals surface area contributed by atoms with Gasteiger partial charge in [0.15, 0.2) is 0 Å². The molecular weight excluding hydrogens is 352 g/mol. The zero-order chi connectivity index (χ0) is 19.9. The largest absolute Gasteiger partial charge is 0.496 e. The summed E-state index contributed by atoms with van der Waals surface area (Å²) in [6.45, 7) is 10.1. The van der Waals surface area contributed by atoms with Crippen LogP contribution in [0.15, 0.2) is 29.8 Å². The second kappa shape index (κ2) is 7.53. The highest BCUT2D eigenvalue weighted by molar-refractivity contribution is 5.94. The Balaban J connectivity index is 1.40. The molecule has 152 valence electrons. The van der Waals surface area contributed by atoms with Crippen molar-refractivity contribution in [3.63, 3.8) is 0 Å². The normalized spacial score (nSPS) is 30.9. The number of allylic oxidation sites excluding steroid dienone is 1. The number of amides is 1. The molecule has 0 aromatic heterocycles. The molecule has 1 aromatic carbocycles. The minimum Gasteiger partial charge on any atom is -0.496 e. The van der Waals surface area contributed by atoms with E-state index < -0.39 is 0 Å². The highest BCUT2D eigenvalue weighted by Gasteiger charge is 2.62. The summed E-state index contributed by atoms with van der Waals surface area (Å²) >= 11 is 0. The minimum atomic E-state index is -0.0329. The van der Waals surface area contributed by atoms with Crippen molar-refractivity contribution in [3.8, 4) is 5.75 Å². The van der Waals surface area contributed by atoms with Gasteiger partial charge < -0.3 is 14.8 Å². The van der Waals surface area contributed by atoms with Gasteiger partial charge in [0.25, 0.3) is 5.91 Å². The fraction of sp³-hybridized carbons (Fsp3) is 0.609. The molecule has 0 saturated carbocycles. The van der Waals surface area contributed by atoms with Gasteiger partial charge in [-0.2, -0.15) is 0 Å². The van der Waals surface area contributed by atoms with Crippen LogP contribution >= 0.6 is 0 Å². The average molecular weight is 385 g/mol. The molecule has 0 radical (unpaired) electrons. The van der Waals surface area contributed by atoms with E-state index in [-0.39, 0.29) is 11.5 Å². The number of carbonyl (C=O) groups excluding carboxylic acids is 1. The summed E-state index contributed by atoms with van der Waals surface area (Å²) in [5.41, 5.74) is 3.06. The van der Waals surface area contributed by atoms with Gasteiger partial charge in [0.2, 0.25) is 0 Å². The van der Waals surface area contributed by atoms with E-state index in [0.717, 1.165) is 43.8 Å². The number of nitrogens with one attached hydrogen (secondary N) is 1. The van der Waals surface area contributed by atoms with E-state index in [1.165, 1.54) is 5.57 Å². The Bertz CT molecular complexity index is 786. The number of carbonyl (C=O) groups is 1. The van der Waals surface area contributed by atoms with Gasteiger partial charge in [-0.25, -0.2) is 0 Å². The van der Waals surface area contributed by atoms with Crippen molar-refractivity contribution in [3.05, 3.63) is 41.0 Å². The van der Waals surface area contributed by atoms with Crippen molar-refractivity contribution in [2.24, 2.45) is 11.8 Å². The van der Waals surface area contributed by atoms with Gasteiger partial charge in [-0.15, -0.1) is 0 Å². The molecule has 0 unspecified atom stereocenters. The third-order valence-corrected chi connectivity index (χ3v) is 6.78. The summed E-state index contributed by atoms with van der Waals surface area (Å²) in [7, 11) is 1.64. The molecular formula is C23H32N2O3. The highest BCUT2D eigenvalue weighted by Crippen LogP contribution is 2.54. The summed E-state index contributed by atoms with van der Waals surface area (Å²) in [6, 6.07) is 5.62. The molecule has 3 aliphatic heterocycles. The number of fused-ring (bicyclic) bond motifs is 1. The number of methoxy groups -OCH3 is 1. The van der Waals surface area contributed by atoms with E-state index in [1.54, 1.807) is 7.11 Å². The number of ether oxygens (including phenoxy) is 2. The first-order valence-corrected chi connectivity index (χ1v) is 10.4. The minimum absolute atomic E-state index is 0.0165. The Labute approximate surface area is 168 Å². The molecule has 0 aliphatic carbocycles. The maximum absolute atomic E-state index is 12.7. The van der Waals surface area contributed by atoms with Crippen molar-refractivity contribution in [2.45, 2.75) is 45.3 Å². The lowest BCUT2D eigenvalue weighted by Crippen LogP contribution is -2.41. The fourth-order valence-electron chi connectivity index (χ4n) is 5.28. The maximum Gasteiger partial charge on any atom is 0.251 e. The van der Waals surface area contributed by atoms with Crippen molar-refractivity contribution in [1.29, 1.82) is 0 Å². The molecule has 3 heterocycles. The maximum atomic E-state index is 12.7. The number of benzene rings is 1. The van der Waals surface area contributed by atoms with Crippen molar-refractivity contribution in [1.82, 2.24) is 10.2 Å². The number of likely N-dealkylation sites (tertiary alicyclic amines) is 1. The molecule has 5 heteroatoms. The summed E-state index contributed by atoms with van der Waals surface area (Å²) in [5, 5.41) is 3.17. The molecule has 3 saturated heterocycles. The number of hydrogen-bond acceptors (Lipinski definition) is 4. The molecule has 1 N–H and O–H groups in total. The lowest BCUT2D eigenvalue weighted by Gasteiger charge is -2.29. The van der Waals surface area contributed by atoms with Crippen LogP contribution in [-0.2, 0) is 4.74 Å². The summed E-state index contributed by atoms with van der Waals surface area (Å²) < 4.78 is 11.8. The fourth-order valence-corrected chi connectivity index (χ4v) is 5.28. The van der Waals surface area contributed by atoms with Gasteiger partial charge in [0, 0.05) is 43.6 Å². The number of hydrogen-bond donors (Lipinski definition) is 1. The molecule has 2 bridgehead atoms. The quantitative estimate of drug-likeness (QED) is 0.766. The van der Waals surface area contributed by atoms with Crippen molar-refractivity contribution >= 4 is 5.91 Å². The average Bonchev–Trinajstić information content (AvgIpc) is 3.33. The zero-order valence-corrected chi connectivity index (χ0v) is 17.5. The van der Waals surface area contributed by atoms with Crippen LogP contribution in [0.4, 0.5) is 0 Å². The molecule has 3 aliphatic rings. The first-order chi connectivity index (χ1) is 13.4. The molecule has 1 amide bonds. The van der Waals surface area contributed by atoms with Crippen LogP contribution in [0, 0.1) is 18.8 Å². The summed E-state index contributed by atoms with van der Waals surface area (Å²) in [5.74, 6) is 1.64. The van der Waals surface area contributed by atoms with E-state index in [4.69, 9.17) is 9.47 Å². The smallest absolute Gasteiger partial charge is 0.251 e. The molecule has 1 aromatic rings. The first-order valence-electron chi connectivity index (χ1n) is 10.4. The summed E-state index contributed by atoms with van der Waals surface area (Å²) in [6.07, 6.45) is 4.87. The lowest BCUT2D eigenvalue weighted by atomic mass is 9.73. The van der Waals surface area contributed by atoms with Crippen LogP contribution in [-0.4, -0.2) is 55.8 Å². The van der Waals surface area contributed by atoms with Gasteiger partial charge in [-0.05, 0) is 51.3 Å². The van der Waals surface area contributed by atoms with Crippen LogP contribution < -0.4 is 10.1 Å². The molecule has 4 rings (SSSR count). The van der Waals surface area contributed by atoms with Crippen LogP contribution in [0.5, 0.6) is 5.75 Å². The SMILES string of the molecule is COc1cc(C(=O)NC[C@H]2[C@H]3CN(CC=C(C)C)C[C@]34CC[C@H]2O4)ccc1C. The van der Waals surface area contributed by atoms with E-state index in [0.29, 0.717) is 30.0 Å². The predicted octanol–water partition coefficient (Wildman–Crippen LogP) is 3.18. The second-order valence-electron chi connectivity index (χ2n) is 8.90. The van der Waals surface area contributed by atoms with Crippen molar-refractivity contribution < 1.29 is 14.3 Å². The van der Waals surface area contributed by atoms with E-state index in [9.17, 15) is 4.79 Å². The van der Waals surface area contributed by atoms with E-state index >= 15 is 0 Å². The topological polar surface area (TPSA) is 50.8 Å². The third kappa shape index (κ3) is 3.46. The van der Waals surface area contributed by atoms with E-state index in [2.05, 4.69) is 30.1 Å². The molecule has 4 atom stereocenters. The van der Waals surface area contributed by atoms with Gasteiger partial charge in [0.05, 0.1) is 18.8 Å². The lowest BCUT2D eigenvalue weighted by molar-refractivity contribution is 0.00364. The Morgan fingerprint density at radius 2 is 2.25 bits per heavy atom.